The van der Waals surface area contributed by atoms with Gasteiger partial charge in [0.25, 0.3) is 0 Å². The van der Waals surface area contributed by atoms with Crippen LogP contribution in [0.15, 0.2) is 24.3 Å². The molecule has 2 atom stereocenters. The van der Waals surface area contributed by atoms with Crippen molar-refractivity contribution in [2.45, 2.75) is 33.3 Å². The number of nitrogens with zero attached hydrogens (tertiary/aromatic N) is 2. The summed E-state index contributed by atoms with van der Waals surface area (Å²) in [5.41, 5.74) is 0.605. The summed E-state index contributed by atoms with van der Waals surface area (Å²) in [5, 5.41) is 18.8. The van der Waals surface area contributed by atoms with Crippen molar-refractivity contribution < 1.29 is 9.84 Å². The van der Waals surface area contributed by atoms with E-state index in [1.165, 1.54) is 0 Å². The van der Waals surface area contributed by atoms with Crippen molar-refractivity contribution in [3.05, 3.63) is 29.8 Å². The van der Waals surface area contributed by atoms with Crippen molar-refractivity contribution in [1.82, 2.24) is 4.90 Å². The van der Waals surface area contributed by atoms with Crippen molar-refractivity contribution in [2.75, 3.05) is 26.2 Å². The molecule has 0 fully saturated rings. The number of likely N-dealkylation sites (N-methyl/N-ethyl adjacent to an activating group) is 1. The number of nitriles is 1. The minimum absolute atomic E-state index is 0.267. The van der Waals surface area contributed by atoms with E-state index in [1.54, 1.807) is 24.3 Å². The summed E-state index contributed by atoms with van der Waals surface area (Å²) in [4.78, 5) is 2.25. The molecule has 0 aliphatic rings. The lowest BCUT2D eigenvalue weighted by atomic mass is 10.1. The zero-order valence-electron chi connectivity index (χ0n) is 13.2. The lowest BCUT2D eigenvalue weighted by molar-refractivity contribution is 0.0651. The maximum Gasteiger partial charge on any atom is 0.119 e. The SMILES string of the molecule is CCC(C)CN(CC)CC(O)COc1ccc(C#N)cc1. The molecule has 2 unspecified atom stereocenters. The lowest BCUT2D eigenvalue weighted by Crippen LogP contribution is -2.37. The quantitative estimate of drug-likeness (QED) is 0.759. The fourth-order valence-corrected chi connectivity index (χ4v) is 2.07. The second-order valence-electron chi connectivity index (χ2n) is 5.47. The van der Waals surface area contributed by atoms with E-state index in [9.17, 15) is 5.11 Å². The summed E-state index contributed by atoms with van der Waals surface area (Å²) in [7, 11) is 0. The van der Waals surface area contributed by atoms with Gasteiger partial charge < -0.3 is 14.7 Å². The summed E-state index contributed by atoms with van der Waals surface area (Å²) in [6.07, 6.45) is 0.638. The molecule has 4 heteroatoms. The van der Waals surface area contributed by atoms with Gasteiger partial charge in [-0.1, -0.05) is 27.2 Å². The second kappa shape index (κ2) is 9.38. The van der Waals surface area contributed by atoms with E-state index in [0.717, 1.165) is 19.5 Å². The van der Waals surface area contributed by atoms with Crippen LogP contribution in [-0.2, 0) is 0 Å². The first-order chi connectivity index (χ1) is 10.1. The van der Waals surface area contributed by atoms with Crippen molar-refractivity contribution in [1.29, 1.82) is 5.26 Å². The van der Waals surface area contributed by atoms with Crippen LogP contribution < -0.4 is 4.74 Å². The Bertz CT molecular complexity index is 439. The minimum Gasteiger partial charge on any atom is -0.491 e. The Morgan fingerprint density at radius 2 is 1.90 bits per heavy atom. The first kappa shape index (κ1) is 17.5. The zero-order chi connectivity index (χ0) is 15.7. The summed E-state index contributed by atoms with van der Waals surface area (Å²) < 4.78 is 5.56. The fourth-order valence-electron chi connectivity index (χ4n) is 2.07. The molecule has 0 aliphatic heterocycles. The molecular weight excluding hydrogens is 264 g/mol. The van der Waals surface area contributed by atoms with Crippen LogP contribution in [0, 0.1) is 17.2 Å². The highest BCUT2D eigenvalue weighted by atomic mass is 16.5. The molecule has 116 valence electrons. The van der Waals surface area contributed by atoms with Crippen LogP contribution in [-0.4, -0.2) is 42.4 Å². The number of hydrogen-bond donors (Lipinski definition) is 1. The molecule has 0 heterocycles. The summed E-state index contributed by atoms with van der Waals surface area (Å²) >= 11 is 0. The molecule has 0 radical (unpaired) electrons. The van der Waals surface area contributed by atoms with Gasteiger partial charge >= 0.3 is 0 Å². The molecule has 0 spiro atoms. The van der Waals surface area contributed by atoms with Gasteiger partial charge in [-0.2, -0.15) is 5.26 Å². The predicted molar refractivity (Wildman–Crippen MR) is 84.2 cm³/mol. The highest BCUT2D eigenvalue weighted by Gasteiger charge is 2.13. The Morgan fingerprint density at radius 3 is 2.43 bits per heavy atom. The van der Waals surface area contributed by atoms with Gasteiger partial charge in [0.1, 0.15) is 18.5 Å². The maximum atomic E-state index is 10.1. The fraction of sp³-hybridized carbons (Fsp3) is 0.588. The Morgan fingerprint density at radius 1 is 1.24 bits per heavy atom. The smallest absolute Gasteiger partial charge is 0.119 e. The molecule has 0 saturated carbocycles. The predicted octanol–water partition coefficient (Wildman–Crippen LogP) is 2.67. The van der Waals surface area contributed by atoms with E-state index in [2.05, 4.69) is 31.7 Å². The third-order valence-corrected chi connectivity index (χ3v) is 3.61. The van der Waals surface area contributed by atoms with Crippen LogP contribution in [0.4, 0.5) is 0 Å². The van der Waals surface area contributed by atoms with Crippen LogP contribution in [0.1, 0.15) is 32.8 Å². The van der Waals surface area contributed by atoms with Gasteiger partial charge in [0.05, 0.1) is 11.6 Å². The molecule has 0 bridgehead atoms. The Labute approximate surface area is 128 Å². The molecule has 4 nitrogen and oxygen atoms in total. The number of hydrogen-bond acceptors (Lipinski definition) is 4. The van der Waals surface area contributed by atoms with Crippen molar-refractivity contribution in [3.8, 4) is 11.8 Å². The van der Waals surface area contributed by atoms with Gasteiger partial charge in [-0.05, 0) is 36.7 Å². The molecule has 1 aromatic carbocycles. The normalized spacial score (nSPS) is 13.7. The van der Waals surface area contributed by atoms with Crippen molar-refractivity contribution in [2.24, 2.45) is 5.92 Å². The molecule has 1 aromatic rings. The van der Waals surface area contributed by atoms with E-state index in [-0.39, 0.29) is 6.61 Å². The van der Waals surface area contributed by atoms with Gasteiger partial charge in [0, 0.05) is 13.1 Å². The number of aliphatic hydroxyl groups is 1. The Balaban J connectivity index is 2.38. The van der Waals surface area contributed by atoms with Crippen LogP contribution in [0.3, 0.4) is 0 Å². The molecule has 21 heavy (non-hydrogen) atoms. The van der Waals surface area contributed by atoms with E-state index in [0.29, 0.717) is 23.8 Å². The van der Waals surface area contributed by atoms with Gasteiger partial charge in [0.15, 0.2) is 0 Å². The van der Waals surface area contributed by atoms with Crippen LogP contribution in [0.2, 0.25) is 0 Å². The van der Waals surface area contributed by atoms with E-state index in [4.69, 9.17) is 10.00 Å². The topological polar surface area (TPSA) is 56.5 Å². The molecule has 0 aromatic heterocycles. The number of ether oxygens (including phenoxy) is 1. The monoisotopic (exact) mass is 290 g/mol. The van der Waals surface area contributed by atoms with Gasteiger partial charge in [-0.15, -0.1) is 0 Å². The Hall–Kier alpha value is -1.57. The first-order valence-electron chi connectivity index (χ1n) is 7.62. The van der Waals surface area contributed by atoms with Crippen LogP contribution in [0.25, 0.3) is 0 Å². The highest BCUT2D eigenvalue weighted by molar-refractivity contribution is 5.34. The van der Waals surface area contributed by atoms with E-state index < -0.39 is 6.10 Å². The van der Waals surface area contributed by atoms with Crippen molar-refractivity contribution >= 4 is 0 Å². The van der Waals surface area contributed by atoms with E-state index in [1.807, 2.05) is 0 Å². The summed E-state index contributed by atoms with van der Waals surface area (Å²) in [6.45, 7) is 9.33. The molecule has 1 N–H and O–H groups in total. The Kier molecular flexibility index (Phi) is 7.81. The van der Waals surface area contributed by atoms with Gasteiger partial charge in [-0.25, -0.2) is 0 Å². The highest BCUT2D eigenvalue weighted by Crippen LogP contribution is 2.12. The average Bonchev–Trinajstić information content (AvgIpc) is 2.52. The third kappa shape index (κ3) is 6.61. The van der Waals surface area contributed by atoms with Crippen LogP contribution >= 0.6 is 0 Å². The lowest BCUT2D eigenvalue weighted by Gasteiger charge is -2.26. The van der Waals surface area contributed by atoms with Gasteiger partial charge in [0.2, 0.25) is 0 Å². The number of benzene rings is 1. The number of aliphatic hydroxyl groups excluding tert-OH is 1. The molecule has 0 saturated heterocycles. The number of rotatable bonds is 9. The second-order valence-corrected chi connectivity index (χ2v) is 5.47. The molecular formula is C17H26N2O2. The standard InChI is InChI=1S/C17H26N2O2/c1-4-14(3)11-19(5-2)12-16(20)13-21-17-8-6-15(10-18)7-9-17/h6-9,14,16,20H,4-5,11-13H2,1-3H3. The van der Waals surface area contributed by atoms with E-state index >= 15 is 0 Å². The summed E-state index contributed by atoms with van der Waals surface area (Å²) in [6, 6.07) is 8.99. The molecule has 0 amide bonds. The molecule has 1 rings (SSSR count). The average molecular weight is 290 g/mol. The third-order valence-electron chi connectivity index (χ3n) is 3.61. The van der Waals surface area contributed by atoms with Crippen molar-refractivity contribution in [3.63, 3.8) is 0 Å². The largest absolute Gasteiger partial charge is 0.491 e. The van der Waals surface area contributed by atoms with Crippen LogP contribution in [0.5, 0.6) is 5.75 Å². The summed E-state index contributed by atoms with van der Waals surface area (Å²) in [5.74, 6) is 1.31. The molecule has 0 aliphatic carbocycles. The first-order valence-corrected chi connectivity index (χ1v) is 7.62. The maximum absolute atomic E-state index is 10.1. The zero-order valence-corrected chi connectivity index (χ0v) is 13.2. The van der Waals surface area contributed by atoms with Gasteiger partial charge in [-0.3, -0.25) is 0 Å². The minimum atomic E-state index is -0.510.